The Balaban J connectivity index is 1.48. The molecule has 0 saturated heterocycles. The highest BCUT2D eigenvalue weighted by Gasteiger charge is 2.15. The van der Waals surface area contributed by atoms with Gasteiger partial charge < -0.3 is 4.74 Å². The van der Waals surface area contributed by atoms with Gasteiger partial charge in [0.2, 0.25) is 10.0 Å². The summed E-state index contributed by atoms with van der Waals surface area (Å²) in [7, 11) is -2.28. The van der Waals surface area contributed by atoms with Crippen LogP contribution >= 0.6 is 11.6 Å². The van der Waals surface area contributed by atoms with Gasteiger partial charge in [-0.25, -0.2) is 23.2 Å². The number of benzene rings is 3. The molecule has 0 bridgehead atoms. The summed E-state index contributed by atoms with van der Waals surface area (Å²) in [6.45, 7) is -0.489. The molecule has 1 amide bonds. The number of rotatable bonds is 9. The molecule has 9 nitrogen and oxygen atoms in total. The molecule has 4 aromatic rings. The van der Waals surface area contributed by atoms with E-state index in [-0.39, 0.29) is 4.90 Å². The zero-order chi connectivity index (χ0) is 25.5. The van der Waals surface area contributed by atoms with Gasteiger partial charge in [0.05, 0.1) is 30.5 Å². The molecule has 3 aromatic carbocycles. The van der Waals surface area contributed by atoms with Crippen LogP contribution in [-0.2, 0) is 14.8 Å². The molecule has 0 radical (unpaired) electrons. The lowest BCUT2D eigenvalue weighted by atomic mass is 10.1. The van der Waals surface area contributed by atoms with Crippen LogP contribution in [0, 0.1) is 0 Å². The normalized spacial score (nSPS) is 11.5. The molecule has 0 spiro atoms. The average molecular weight is 524 g/mol. The van der Waals surface area contributed by atoms with E-state index in [0.717, 1.165) is 11.3 Å². The van der Waals surface area contributed by atoms with Gasteiger partial charge in [-0.2, -0.15) is 10.2 Å². The van der Waals surface area contributed by atoms with Crippen molar-refractivity contribution in [3.63, 3.8) is 0 Å². The Morgan fingerprint density at radius 1 is 1.06 bits per heavy atom. The SMILES string of the molecule is COc1ccc(-c2nn(-c3ccccc3)cc2/C=N\NC(=O)CNS(=O)(=O)c2ccc(Cl)cc2)cc1. The van der Waals surface area contributed by atoms with Gasteiger partial charge in [-0.3, -0.25) is 4.79 Å². The van der Waals surface area contributed by atoms with Crippen LogP contribution < -0.4 is 14.9 Å². The van der Waals surface area contributed by atoms with E-state index in [1.54, 1.807) is 18.0 Å². The van der Waals surface area contributed by atoms with Crippen molar-refractivity contribution in [2.45, 2.75) is 4.90 Å². The smallest absolute Gasteiger partial charge is 0.255 e. The number of hydrogen-bond donors (Lipinski definition) is 2. The summed E-state index contributed by atoms with van der Waals surface area (Å²) in [6, 6.07) is 22.6. The van der Waals surface area contributed by atoms with E-state index >= 15 is 0 Å². The number of aromatic nitrogens is 2. The monoisotopic (exact) mass is 523 g/mol. The van der Waals surface area contributed by atoms with Gasteiger partial charge >= 0.3 is 0 Å². The van der Waals surface area contributed by atoms with Gasteiger partial charge in [-0.05, 0) is 60.7 Å². The molecule has 0 atom stereocenters. The zero-order valence-corrected chi connectivity index (χ0v) is 20.7. The summed E-state index contributed by atoms with van der Waals surface area (Å²) in [5.41, 5.74) is 5.30. The number of halogens is 1. The first-order valence-corrected chi connectivity index (χ1v) is 12.6. The molecule has 1 aromatic heterocycles. The predicted octanol–water partition coefficient (Wildman–Crippen LogP) is 3.63. The second kappa shape index (κ2) is 11.2. The lowest BCUT2D eigenvalue weighted by molar-refractivity contribution is -0.119. The number of hydrogen-bond acceptors (Lipinski definition) is 6. The zero-order valence-electron chi connectivity index (χ0n) is 19.1. The fraction of sp³-hybridized carbons (Fsp3) is 0.0800. The van der Waals surface area contributed by atoms with Crippen LogP contribution in [0.15, 0.2) is 95.1 Å². The van der Waals surface area contributed by atoms with E-state index in [9.17, 15) is 13.2 Å². The predicted molar refractivity (Wildman–Crippen MR) is 138 cm³/mol. The first-order chi connectivity index (χ1) is 17.4. The maximum Gasteiger partial charge on any atom is 0.255 e. The van der Waals surface area contributed by atoms with Crippen molar-refractivity contribution < 1.29 is 17.9 Å². The maximum atomic E-state index is 12.3. The molecule has 0 saturated carbocycles. The van der Waals surface area contributed by atoms with E-state index in [4.69, 9.17) is 16.3 Å². The third-order valence-electron chi connectivity index (χ3n) is 5.07. The number of carbonyl (C=O) groups is 1. The van der Waals surface area contributed by atoms with Crippen molar-refractivity contribution in [1.29, 1.82) is 0 Å². The van der Waals surface area contributed by atoms with E-state index in [1.807, 2.05) is 54.6 Å². The molecule has 0 aliphatic rings. The quantitative estimate of drug-likeness (QED) is 0.257. The highest BCUT2D eigenvalue weighted by molar-refractivity contribution is 7.89. The summed E-state index contributed by atoms with van der Waals surface area (Å²) >= 11 is 5.79. The van der Waals surface area contributed by atoms with E-state index < -0.39 is 22.5 Å². The number of methoxy groups -OCH3 is 1. The number of hydrazone groups is 1. The van der Waals surface area contributed by atoms with E-state index in [0.29, 0.717) is 22.0 Å². The first-order valence-electron chi connectivity index (χ1n) is 10.7. The average Bonchev–Trinajstić information content (AvgIpc) is 3.32. The fourth-order valence-corrected chi connectivity index (χ4v) is 4.35. The topological polar surface area (TPSA) is 115 Å². The maximum absolute atomic E-state index is 12.3. The van der Waals surface area contributed by atoms with E-state index in [2.05, 4.69) is 20.3 Å². The van der Waals surface area contributed by atoms with Gasteiger partial charge in [0.1, 0.15) is 11.4 Å². The highest BCUT2D eigenvalue weighted by atomic mass is 35.5. The molecule has 2 N–H and O–H groups in total. The number of para-hydroxylation sites is 1. The van der Waals surface area contributed by atoms with Crippen molar-refractivity contribution in [3.05, 3.63) is 95.6 Å². The van der Waals surface area contributed by atoms with Crippen LogP contribution in [0.3, 0.4) is 0 Å². The summed E-state index contributed by atoms with van der Waals surface area (Å²) in [4.78, 5) is 12.2. The van der Waals surface area contributed by atoms with Crippen LogP contribution in [-0.4, -0.2) is 44.0 Å². The Morgan fingerprint density at radius 2 is 1.75 bits per heavy atom. The summed E-state index contributed by atoms with van der Waals surface area (Å²) in [5.74, 6) is 0.0787. The summed E-state index contributed by atoms with van der Waals surface area (Å²) < 4.78 is 33.8. The summed E-state index contributed by atoms with van der Waals surface area (Å²) in [5, 5.41) is 9.09. The van der Waals surface area contributed by atoms with Crippen molar-refractivity contribution in [2.75, 3.05) is 13.7 Å². The Kier molecular flexibility index (Phi) is 7.79. The van der Waals surface area contributed by atoms with Crippen molar-refractivity contribution >= 4 is 33.7 Å². The second-order valence-corrected chi connectivity index (χ2v) is 9.72. The van der Waals surface area contributed by atoms with E-state index in [1.165, 1.54) is 30.5 Å². The van der Waals surface area contributed by atoms with Crippen molar-refractivity contribution in [2.24, 2.45) is 5.10 Å². The Bertz CT molecular complexity index is 1470. The molecule has 4 rings (SSSR count). The number of sulfonamides is 1. The molecule has 1 heterocycles. The fourth-order valence-electron chi connectivity index (χ4n) is 3.24. The number of carbonyl (C=O) groups excluding carboxylic acids is 1. The summed E-state index contributed by atoms with van der Waals surface area (Å²) in [6.07, 6.45) is 3.24. The first kappa shape index (κ1) is 25.1. The van der Waals surface area contributed by atoms with Crippen LogP contribution in [0.4, 0.5) is 0 Å². The van der Waals surface area contributed by atoms with Gasteiger partial charge in [-0.1, -0.05) is 29.8 Å². The van der Waals surface area contributed by atoms with Crippen LogP contribution in [0.25, 0.3) is 16.9 Å². The molecule has 36 heavy (non-hydrogen) atoms. The number of amides is 1. The Hall–Kier alpha value is -3.99. The van der Waals surface area contributed by atoms with Gasteiger partial charge in [0.25, 0.3) is 5.91 Å². The highest BCUT2D eigenvalue weighted by Crippen LogP contribution is 2.25. The lowest BCUT2D eigenvalue weighted by Gasteiger charge is -2.06. The van der Waals surface area contributed by atoms with Gasteiger partial charge in [0.15, 0.2) is 0 Å². The van der Waals surface area contributed by atoms with Crippen molar-refractivity contribution in [3.8, 4) is 22.7 Å². The minimum atomic E-state index is -3.87. The lowest BCUT2D eigenvalue weighted by Crippen LogP contribution is -2.34. The second-order valence-electron chi connectivity index (χ2n) is 7.51. The van der Waals surface area contributed by atoms with Crippen LogP contribution in [0.1, 0.15) is 5.56 Å². The number of nitrogens with one attached hydrogen (secondary N) is 2. The standard InChI is InChI=1S/C25H22ClN5O4S/c1-35-22-11-7-18(8-12-22)25-19(17-31(30-25)21-5-3-2-4-6-21)15-27-29-24(32)16-28-36(33,34)23-13-9-20(26)10-14-23/h2-15,17,28H,16H2,1H3,(H,29,32)/b27-15-. The molecule has 0 aliphatic heterocycles. The molecule has 184 valence electrons. The number of ether oxygens (including phenoxy) is 1. The van der Waals surface area contributed by atoms with Gasteiger partial charge in [-0.15, -0.1) is 0 Å². The van der Waals surface area contributed by atoms with Crippen LogP contribution in [0.5, 0.6) is 5.75 Å². The Morgan fingerprint density at radius 3 is 2.42 bits per heavy atom. The Labute approximate surface area is 213 Å². The molecule has 0 aliphatic carbocycles. The molecule has 0 fully saturated rings. The molecule has 11 heteroatoms. The molecular formula is C25H22ClN5O4S. The van der Waals surface area contributed by atoms with Crippen LogP contribution in [0.2, 0.25) is 5.02 Å². The number of nitrogens with zero attached hydrogens (tertiary/aromatic N) is 3. The minimum Gasteiger partial charge on any atom is -0.497 e. The van der Waals surface area contributed by atoms with Gasteiger partial charge in [0, 0.05) is 22.3 Å². The minimum absolute atomic E-state index is 0.000612. The molecule has 0 unspecified atom stereocenters. The van der Waals surface area contributed by atoms with Crippen molar-refractivity contribution in [1.82, 2.24) is 19.9 Å². The molecular weight excluding hydrogens is 502 g/mol. The largest absolute Gasteiger partial charge is 0.497 e. The third kappa shape index (κ3) is 6.16. The third-order valence-corrected chi connectivity index (χ3v) is 6.74.